The third kappa shape index (κ3) is 3.58. The van der Waals surface area contributed by atoms with Crippen molar-refractivity contribution < 1.29 is 4.42 Å². The Kier molecular flexibility index (Phi) is 4.26. The van der Waals surface area contributed by atoms with Crippen LogP contribution in [0.4, 0.5) is 5.69 Å². The third-order valence-electron chi connectivity index (χ3n) is 3.70. The summed E-state index contributed by atoms with van der Waals surface area (Å²) in [7, 11) is 0. The average Bonchev–Trinajstić information content (AvgIpc) is 3.05. The van der Waals surface area contributed by atoms with Crippen molar-refractivity contribution in [2.75, 3.05) is 0 Å². The minimum atomic E-state index is 0.561. The maximum absolute atomic E-state index is 5.92. The van der Waals surface area contributed by atoms with Gasteiger partial charge in [-0.05, 0) is 60.2 Å². The molecule has 0 aliphatic heterocycles. The van der Waals surface area contributed by atoms with E-state index < -0.39 is 0 Å². The van der Waals surface area contributed by atoms with Crippen molar-refractivity contribution in [1.29, 1.82) is 0 Å². The van der Waals surface area contributed by atoms with Gasteiger partial charge in [0.25, 0.3) is 0 Å². The van der Waals surface area contributed by atoms with Crippen LogP contribution in [-0.2, 0) is 0 Å². The second-order valence-electron chi connectivity index (χ2n) is 5.49. The van der Waals surface area contributed by atoms with E-state index in [1.165, 1.54) is 0 Å². The zero-order chi connectivity index (χ0) is 17.2. The number of aliphatic imine (C=N–C) groups is 1. The van der Waals surface area contributed by atoms with E-state index in [2.05, 4.69) is 9.98 Å². The van der Waals surface area contributed by atoms with Crippen LogP contribution in [0.15, 0.2) is 76.1 Å². The van der Waals surface area contributed by atoms with Crippen molar-refractivity contribution in [1.82, 2.24) is 4.98 Å². The summed E-state index contributed by atoms with van der Waals surface area (Å²) in [5.41, 5.74) is 4.14. The number of rotatable bonds is 3. The molecule has 0 atom stereocenters. The minimum absolute atomic E-state index is 0.561. The fourth-order valence-corrected chi connectivity index (χ4v) is 2.66. The van der Waals surface area contributed by atoms with E-state index >= 15 is 0 Å². The molecular weight excluding hydrogens is 355 g/mol. The van der Waals surface area contributed by atoms with Crippen LogP contribution in [-0.4, -0.2) is 11.2 Å². The van der Waals surface area contributed by atoms with Crippen molar-refractivity contribution in [3.63, 3.8) is 0 Å². The summed E-state index contributed by atoms with van der Waals surface area (Å²) in [5, 5.41) is 1.38. The lowest BCUT2D eigenvalue weighted by molar-refractivity contribution is 0.620. The predicted molar refractivity (Wildman–Crippen MR) is 103 cm³/mol. The molecule has 3 aromatic carbocycles. The van der Waals surface area contributed by atoms with E-state index in [-0.39, 0.29) is 0 Å². The van der Waals surface area contributed by atoms with Crippen LogP contribution in [0.3, 0.4) is 0 Å². The fourth-order valence-electron chi connectivity index (χ4n) is 2.41. The topological polar surface area (TPSA) is 38.4 Å². The Morgan fingerprint density at radius 1 is 0.840 bits per heavy atom. The number of hydrogen-bond donors (Lipinski definition) is 0. The molecule has 5 heteroatoms. The highest BCUT2D eigenvalue weighted by Crippen LogP contribution is 2.27. The van der Waals surface area contributed by atoms with E-state index in [1.807, 2.05) is 66.7 Å². The van der Waals surface area contributed by atoms with Gasteiger partial charge in [-0.1, -0.05) is 35.3 Å². The lowest BCUT2D eigenvalue weighted by Gasteiger charge is -1.94. The zero-order valence-electron chi connectivity index (χ0n) is 13.0. The summed E-state index contributed by atoms with van der Waals surface area (Å²) in [6.07, 6.45) is 1.79. The molecule has 122 valence electrons. The molecule has 4 aromatic rings. The van der Waals surface area contributed by atoms with E-state index in [9.17, 15) is 0 Å². The van der Waals surface area contributed by atoms with E-state index in [0.717, 1.165) is 27.9 Å². The largest absolute Gasteiger partial charge is 0.436 e. The first kappa shape index (κ1) is 15.9. The molecule has 0 fully saturated rings. The highest BCUT2D eigenvalue weighted by atomic mass is 35.5. The Balaban J connectivity index is 1.63. The molecular formula is C20H12Cl2N2O. The van der Waals surface area contributed by atoms with Gasteiger partial charge in [-0.25, -0.2) is 4.98 Å². The molecule has 0 saturated heterocycles. The second-order valence-corrected chi connectivity index (χ2v) is 6.36. The van der Waals surface area contributed by atoms with Gasteiger partial charge in [0.1, 0.15) is 5.52 Å². The Hall–Kier alpha value is -2.62. The van der Waals surface area contributed by atoms with Gasteiger partial charge in [0, 0.05) is 21.8 Å². The second kappa shape index (κ2) is 6.71. The molecule has 0 saturated carbocycles. The first-order valence-electron chi connectivity index (χ1n) is 7.63. The monoisotopic (exact) mass is 366 g/mol. The molecule has 1 heterocycles. The van der Waals surface area contributed by atoms with Crippen LogP contribution in [0.2, 0.25) is 10.0 Å². The first-order valence-corrected chi connectivity index (χ1v) is 8.39. The molecule has 0 unspecified atom stereocenters. The molecule has 3 nitrogen and oxygen atoms in total. The van der Waals surface area contributed by atoms with Crippen molar-refractivity contribution >= 4 is 46.2 Å². The van der Waals surface area contributed by atoms with Crippen LogP contribution < -0.4 is 0 Å². The Morgan fingerprint density at radius 3 is 2.24 bits per heavy atom. The number of halogens is 2. The highest BCUT2D eigenvalue weighted by Gasteiger charge is 2.08. The van der Waals surface area contributed by atoms with Gasteiger partial charge < -0.3 is 4.42 Å². The standard InChI is InChI=1S/C20H12Cl2N2O/c21-15-5-1-13(2-6-15)12-23-17-9-10-19-18(11-17)24-20(25-19)14-3-7-16(22)8-4-14/h1-12H. The van der Waals surface area contributed by atoms with Crippen molar-refractivity contribution in [2.45, 2.75) is 0 Å². The van der Waals surface area contributed by atoms with Gasteiger partial charge >= 0.3 is 0 Å². The molecule has 0 amide bonds. The van der Waals surface area contributed by atoms with Crippen molar-refractivity contribution in [3.05, 3.63) is 82.3 Å². The van der Waals surface area contributed by atoms with E-state index in [1.54, 1.807) is 6.21 Å². The molecule has 0 aliphatic carbocycles. The number of oxazole rings is 1. The van der Waals surface area contributed by atoms with Crippen molar-refractivity contribution in [3.8, 4) is 11.5 Å². The summed E-state index contributed by atoms with van der Waals surface area (Å²) < 4.78 is 5.80. The smallest absolute Gasteiger partial charge is 0.227 e. The number of benzene rings is 3. The van der Waals surface area contributed by atoms with Crippen LogP contribution in [0.1, 0.15) is 5.56 Å². The molecule has 4 rings (SSSR count). The fraction of sp³-hybridized carbons (Fsp3) is 0. The van der Waals surface area contributed by atoms with E-state index in [4.69, 9.17) is 27.6 Å². The maximum Gasteiger partial charge on any atom is 0.227 e. The molecule has 25 heavy (non-hydrogen) atoms. The quantitative estimate of drug-likeness (QED) is 0.385. The maximum atomic E-state index is 5.92. The van der Waals surface area contributed by atoms with Gasteiger partial charge in [0.2, 0.25) is 5.89 Å². The number of nitrogens with zero attached hydrogens (tertiary/aromatic N) is 2. The van der Waals surface area contributed by atoms with Crippen LogP contribution in [0.25, 0.3) is 22.6 Å². The number of hydrogen-bond acceptors (Lipinski definition) is 3. The predicted octanol–water partition coefficient (Wildman–Crippen LogP) is 6.55. The summed E-state index contributed by atoms with van der Waals surface area (Å²) in [6, 6.07) is 20.6. The first-order chi connectivity index (χ1) is 12.2. The summed E-state index contributed by atoms with van der Waals surface area (Å²) >= 11 is 11.8. The summed E-state index contributed by atoms with van der Waals surface area (Å²) in [5.74, 6) is 0.561. The lowest BCUT2D eigenvalue weighted by atomic mass is 10.2. The number of fused-ring (bicyclic) bond motifs is 1. The molecule has 1 aromatic heterocycles. The Labute approximate surface area is 154 Å². The van der Waals surface area contributed by atoms with Gasteiger partial charge in [0.15, 0.2) is 5.58 Å². The lowest BCUT2D eigenvalue weighted by Crippen LogP contribution is -1.79. The molecule has 0 aliphatic rings. The molecule has 0 spiro atoms. The van der Waals surface area contributed by atoms with Gasteiger partial charge in [-0.2, -0.15) is 0 Å². The highest BCUT2D eigenvalue weighted by molar-refractivity contribution is 6.30. The van der Waals surface area contributed by atoms with Crippen LogP contribution >= 0.6 is 23.2 Å². The van der Waals surface area contributed by atoms with Gasteiger partial charge in [-0.3, -0.25) is 4.99 Å². The zero-order valence-corrected chi connectivity index (χ0v) is 14.5. The normalized spacial score (nSPS) is 11.4. The average molecular weight is 367 g/mol. The summed E-state index contributed by atoms with van der Waals surface area (Å²) in [4.78, 5) is 9.02. The Bertz CT molecular complexity index is 1050. The molecule has 0 radical (unpaired) electrons. The van der Waals surface area contributed by atoms with E-state index in [0.29, 0.717) is 15.9 Å². The summed E-state index contributed by atoms with van der Waals surface area (Å²) in [6.45, 7) is 0. The third-order valence-corrected chi connectivity index (χ3v) is 4.20. The molecule has 0 bridgehead atoms. The van der Waals surface area contributed by atoms with Crippen LogP contribution in [0.5, 0.6) is 0 Å². The van der Waals surface area contributed by atoms with Gasteiger partial charge in [-0.15, -0.1) is 0 Å². The Morgan fingerprint density at radius 2 is 1.52 bits per heavy atom. The van der Waals surface area contributed by atoms with Crippen molar-refractivity contribution in [2.24, 2.45) is 4.99 Å². The SMILES string of the molecule is Clc1ccc(C=Nc2ccc3oc(-c4ccc(Cl)cc4)nc3c2)cc1. The molecule has 0 N–H and O–H groups in total. The van der Waals surface area contributed by atoms with Gasteiger partial charge in [0.05, 0.1) is 5.69 Å². The van der Waals surface area contributed by atoms with Crippen LogP contribution in [0, 0.1) is 0 Å². The number of aromatic nitrogens is 1. The minimum Gasteiger partial charge on any atom is -0.436 e.